The maximum atomic E-state index is 12.3. The van der Waals surface area contributed by atoms with Crippen LogP contribution >= 0.6 is 0 Å². The van der Waals surface area contributed by atoms with E-state index in [-0.39, 0.29) is 35.4 Å². The first-order valence-electron chi connectivity index (χ1n) is 7.82. The number of benzene rings is 1. The summed E-state index contributed by atoms with van der Waals surface area (Å²) in [6, 6.07) is 4.87. The van der Waals surface area contributed by atoms with Crippen LogP contribution in [0.1, 0.15) is 20.8 Å². The molecule has 1 fully saturated rings. The van der Waals surface area contributed by atoms with Crippen molar-refractivity contribution in [2.24, 2.45) is 0 Å². The van der Waals surface area contributed by atoms with Crippen LogP contribution in [0.15, 0.2) is 29.2 Å². The average molecular weight is 357 g/mol. The van der Waals surface area contributed by atoms with Crippen LogP contribution in [-0.2, 0) is 14.8 Å². The molecule has 0 aliphatic carbocycles. The Balaban J connectivity index is 1.97. The van der Waals surface area contributed by atoms with Crippen LogP contribution in [0.25, 0.3) is 0 Å². The summed E-state index contributed by atoms with van der Waals surface area (Å²) in [7, 11) is -3.69. The van der Waals surface area contributed by atoms with Gasteiger partial charge in [-0.15, -0.1) is 0 Å². The topological polar surface area (TPSA) is 102 Å². The Labute approximate surface area is 142 Å². The van der Waals surface area contributed by atoms with Gasteiger partial charge in [-0.1, -0.05) is 0 Å². The molecule has 0 amide bonds. The number of sulfonamides is 1. The van der Waals surface area contributed by atoms with Crippen LogP contribution in [0.2, 0.25) is 0 Å². The number of rotatable bonds is 6. The zero-order chi connectivity index (χ0) is 17.9. The normalized spacial score (nSPS) is 23.8. The summed E-state index contributed by atoms with van der Waals surface area (Å²) in [5.74, 6) is 0. The summed E-state index contributed by atoms with van der Waals surface area (Å²) < 4.78 is 32.9. The van der Waals surface area contributed by atoms with Crippen LogP contribution in [0.4, 0.5) is 5.69 Å². The Hall–Kier alpha value is -1.55. The molecular formula is C15H23N3O5S. The molecule has 1 N–H and O–H groups in total. The smallest absolute Gasteiger partial charge is 0.269 e. The van der Waals surface area contributed by atoms with Crippen LogP contribution in [0.5, 0.6) is 0 Å². The molecule has 0 bridgehead atoms. The van der Waals surface area contributed by atoms with Gasteiger partial charge in [0.05, 0.1) is 22.0 Å². The minimum Gasteiger partial charge on any atom is -0.373 e. The molecule has 0 saturated carbocycles. The molecule has 3 unspecified atom stereocenters. The average Bonchev–Trinajstić information content (AvgIpc) is 2.51. The predicted octanol–water partition coefficient (Wildman–Crippen LogP) is 1.37. The number of nitrogens with one attached hydrogen (secondary N) is 1. The number of morpholine rings is 1. The number of non-ortho nitro benzene ring substituents is 1. The second-order valence-electron chi connectivity index (χ2n) is 6.16. The van der Waals surface area contributed by atoms with E-state index in [0.717, 1.165) is 13.1 Å². The highest BCUT2D eigenvalue weighted by Crippen LogP contribution is 2.17. The van der Waals surface area contributed by atoms with E-state index in [4.69, 9.17) is 4.74 Å². The van der Waals surface area contributed by atoms with E-state index in [1.807, 2.05) is 20.8 Å². The van der Waals surface area contributed by atoms with Crippen molar-refractivity contribution < 1.29 is 18.1 Å². The molecule has 1 heterocycles. The van der Waals surface area contributed by atoms with Crippen molar-refractivity contribution >= 4 is 15.7 Å². The molecule has 2 rings (SSSR count). The highest BCUT2D eigenvalue weighted by Gasteiger charge is 2.26. The fourth-order valence-corrected chi connectivity index (χ4v) is 3.89. The molecule has 3 atom stereocenters. The van der Waals surface area contributed by atoms with Gasteiger partial charge in [-0.05, 0) is 32.9 Å². The second-order valence-corrected chi connectivity index (χ2v) is 7.93. The summed E-state index contributed by atoms with van der Waals surface area (Å²) in [6.07, 6.45) is 0.227. The third-order valence-electron chi connectivity index (χ3n) is 4.00. The summed E-state index contributed by atoms with van der Waals surface area (Å²) in [5, 5.41) is 10.6. The number of nitrogens with zero attached hydrogens (tertiary/aromatic N) is 2. The first kappa shape index (κ1) is 18.8. The molecular weight excluding hydrogens is 334 g/mol. The molecule has 1 aromatic carbocycles. The maximum Gasteiger partial charge on any atom is 0.269 e. The molecule has 0 aromatic heterocycles. The Morgan fingerprint density at radius 1 is 1.29 bits per heavy atom. The Morgan fingerprint density at radius 2 is 1.83 bits per heavy atom. The SMILES string of the molecule is CC1CN(C(C)CNS(=O)(=O)c2ccc([N+](=O)[O-])cc2)CC(C)O1. The van der Waals surface area contributed by atoms with Gasteiger partial charge in [0, 0.05) is 37.8 Å². The largest absolute Gasteiger partial charge is 0.373 e. The number of nitro groups is 1. The molecule has 1 aliphatic rings. The molecule has 8 nitrogen and oxygen atoms in total. The molecule has 1 aromatic rings. The molecule has 134 valence electrons. The van der Waals surface area contributed by atoms with Crippen LogP contribution in [0, 0.1) is 10.1 Å². The number of hydrogen-bond donors (Lipinski definition) is 1. The van der Waals surface area contributed by atoms with Gasteiger partial charge in [-0.2, -0.15) is 0 Å². The lowest BCUT2D eigenvalue weighted by molar-refractivity contribution is -0.384. The second kappa shape index (κ2) is 7.56. The lowest BCUT2D eigenvalue weighted by Gasteiger charge is -2.38. The van der Waals surface area contributed by atoms with Gasteiger partial charge in [0.2, 0.25) is 10.0 Å². The molecule has 1 aliphatic heterocycles. The van der Waals surface area contributed by atoms with Gasteiger partial charge in [0.25, 0.3) is 5.69 Å². The maximum absolute atomic E-state index is 12.3. The monoisotopic (exact) mass is 357 g/mol. The standard InChI is InChI=1S/C15H23N3O5S/c1-11(17-9-12(2)23-13(3)10-17)8-16-24(21,22)15-6-4-14(5-7-15)18(19)20/h4-7,11-13,16H,8-10H2,1-3H3. The fourth-order valence-electron chi connectivity index (χ4n) is 2.77. The Kier molecular flexibility index (Phi) is 5.92. The van der Waals surface area contributed by atoms with Crippen molar-refractivity contribution in [3.63, 3.8) is 0 Å². The quantitative estimate of drug-likeness (QED) is 0.609. The zero-order valence-electron chi connectivity index (χ0n) is 14.0. The van der Waals surface area contributed by atoms with Crippen molar-refractivity contribution in [2.45, 2.75) is 43.9 Å². The van der Waals surface area contributed by atoms with Gasteiger partial charge in [0.1, 0.15) is 0 Å². The van der Waals surface area contributed by atoms with E-state index < -0.39 is 14.9 Å². The number of ether oxygens (including phenoxy) is 1. The van der Waals surface area contributed by atoms with Crippen LogP contribution in [0.3, 0.4) is 0 Å². The third kappa shape index (κ3) is 4.73. The Morgan fingerprint density at radius 3 is 2.33 bits per heavy atom. The molecule has 0 radical (unpaired) electrons. The van der Waals surface area contributed by atoms with Gasteiger partial charge in [0.15, 0.2) is 0 Å². The van der Waals surface area contributed by atoms with E-state index in [2.05, 4.69) is 9.62 Å². The van der Waals surface area contributed by atoms with Gasteiger partial charge < -0.3 is 4.74 Å². The molecule has 24 heavy (non-hydrogen) atoms. The van der Waals surface area contributed by atoms with Crippen LogP contribution in [-0.4, -0.2) is 56.1 Å². The molecule has 9 heteroatoms. The van der Waals surface area contributed by atoms with Crippen molar-refractivity contribution in [1.29, 1.82) is 0 Å². The predicted molar refractivity (Wildman–Crippen MR) is 89.3 cm³/mol. The minimum atomic E-state index is -3.69. The van der Waals surface area contributed by atoms with E-state index in [1.54, 1.807) is 0 Å². The van der Waals surface area contributed by atoms with Crippen molar-refractivity contribution in [2.75, 3.05) is 19.6 Å². The van der Waals surface area contributed by atoms with Crippen molar-refractivity contribution in [3.8, 4) is 0 Å². The zero-order valence-corrected chi connectivity index (χ0v) is 14.8. The lowest BCUT2D eigenvalue weighted by atomic mass is 10.2. The number of hydrogen-bond acceptors (Lipinski definition) is 6. The van der Waals surface area contributed by atoms with Crippen LogP contribution < -0.4 is 4.72 Å². The highest BCUT2D eigenvalue weighted by molar-refractivity contribution is 7.89. The summed E-state index contributed by atoms with van der Waals surface area (Å²) in [4.78, 5) is 12.3. The van der Waals surface area contributed by atoms with Gasteiger partial charge in [-0.25, -0.2) is 13.1 Å². The van der Waals surface area contributed by atoms with Gasteiger partial charge >= 0.3 is 0 Å². The number of nitro benzene ring substituents is 1. The minimum absolute atomic E-state index is 0.0176. The molecule has 0 spiro atoms. The van der Waals surface area contributed by atoms with Crippen molar-refractivity contribution in [3.05, 3.63) is 34.4 Å². The summed E-state index contributed by atoms with van der Waals surface area (Å²) >= 11 is 0. The third-order valence-corrected chi connectivity index (χ3v) is 5.44. The van der Waals surface area contributed by atoms with E-state index in [0.29, 0.717) is 0 Å². The highest BCUT2D eigenvalue weighted by atomic mass is 32.2. The van der Waals surface area contributed by atoms with E-state index >= 15 is 0 Å². The van der Waals surface area contributed by atoms with E-state index in [1.165, 1.54) is 24.3 Å². The molecule has 1 saturated heterocycles. The first-order chi connectivity index (χ1) is 11.2. The summed E-state index contributed by atoms with van der Waals surface area (Å²) in [5.41, 5.74) is -0.140. The fraction of sp³-hybridized carbons (Fsp3) is 0.600. The van der Waals surface area contributed by atoms with Gasteiger partial charge in [-0.3, -0.25) is 15.0 Å². The lowest BCUT2D eigenvalue weighted by Crippen LogP contribution is -2.52. The van der Waals surface area contributed by atoms with Crippen molar-refractivity contribution in [1.82, 2.24) is 9.62 Å². The van der Waals surface area contributed by atoms with E-state index in [9.17, 15) is 18.5 Å². The summed E-state index contributed by atoms with van der Waals surface area (Å²) in [6.45, 7) is 7.73. The first-order valence-corrected chi connectivity index (χ1v) is 9.31. The Bertz CT molecular complexity index is 667.